The molecule has 1 unspecified atom stereocenters. The van der Waals surface area contributed by atoms with Gasteiger partial charge in [-0.25, -0.2) is 0 Å². The molecule has 0 aliphatic heterocycles. The summed E-state index contributed by atoms with van der Waals surface area (Å²) in [6.07, 6.45) is 0. The maximum atomic E-state index is 6.72. The van der Waals surface area contributed by atoms with Crippen LogP contribution in [0.25, 0.3) is 93.6 Å². The van der Waals surface area contributed by atoms with E-state index in [1.165, 1.54) is 71.6 Å². The van der Waals surface area contributed by atoms with E-state index < -0.39 is 0 Å². The van der Waals surface area contributed by atoms with Gasteiger partial charge in [-0.15, -0.1) is 0 Å². The van der Waals surface area contributed by atoms with E-state index in [1.54, 1.807) is 0 Å². The van der Waals surface area contributed by atoms with Crippen LogP contribution in [0, 0.1) is 0 Å². The molecule has 2 heteroatoms. The van der Waals surface area contributed by atoms with Crippen molar-refractivity contribution >= 4 is 54.5 Å². The minimum absolute atomic E-state index is 0.185. The Morgan fingerprint density at radius 1 is 0.382 bits per heavy atom. The number of furan rings is 1. The molecule has 2 heterocycles. The first-order valence-corrected chi connectivity index (χ1v) is 19.0. The highest BCUT2D eigenvalue weighted by Gasteiger charge is 2.31. The summed E-state index contributed by atoms with van der Waals surface area (Å²) in [7, 11) is 0. The van der Waals surface area contributed by atoms with E-state index >= 15 is 0 Å². The molecule has 0 saturated heterocycles. The monoisotopic (exact) mass is 699 g/mol. The van der Waals surface area contributed by atoms with Crippen LogP contribution in [0.4, 0.5) is 0 Å². The topological polar surface area (TPSA) is 18.1 Å². The van der Waals surface area contributed by atoms with Gasteiger partial charge in [-0.05, 0) is 103 Å². The summed E-state index contributed by atoms with van der Waals surface area (Å²) in [6, 6.07) is 70.9. The number of para-hydroxylation sites is 1. The molecule has 1 aliphatic rings. The molecule has 9 aromatic carbocycles. The van der Waals surface area contributed by atoms with Crippen molar-refractivity contribution < 1.29 is 4.42 Å². The number of nitrogens with zero attached hydrogens (tertiary/aromatic N) is 1. The highest BCUT2D eigenvalue weighted by molar-refractivity contribution is 6.22. The highest BCUT2D eigenvalue weighted by atomic mass is 16.3. The lowest BCUT2D eigenvalue weighted by Crippen LogP contribution is -2.00. The Morgan fingerprint density at radius 2 is 1.05 bits per heavy atom. The molecular formula is C53H33NO. The van der Waals surface area contributed by atoms with Crippen molar-refractivity contribution in [3.63, 3.8) is 0 Å². The molecule has 1 atom stereocenters. The molecular weight excluding hydrogens is 667 g/mol. The van der Waals surface area contributed by atoms with Gasteiger partial charge in [0.15, 0.2) is 5.58 Å². The number of aromatic nitrogens is 1. The Bertz CT molecular complexity index is 3320. The van der Waals surface area contributed by atoms with Crippen molar-refractivity contribution in [2.24, 2.45) is 0 Å². The molecule has 1 aliphatic carbocycles. The van der Waals surface area contributed by atoms with Gasteiger partial charge in [0.2, 0.25) is 0 Å². The van der Waals surface area contributed by atoms with Crippen molar-refractivity contribution in [2.45, 2.75) is 5.92 Å². The van der Waals surface area contributed by atoms with E-state index in [-0.39, 0.29) is 5.92 Å². The van der Waals surface area contributed by atoms with Gasteiger partial charge in [0.1, 0.15) is 5.58 Å². The van der Waals surface area contributed by atoms with Gasteiger partial charge in [-0.3, -0.25) is 0 Å². The largest absolute Gasteiger partial charge is 0.454 e. The third-order valence-electron chi connectivity index (χ3n) is 11.9. The van der Waals surface area contributed by atoms with E-state index in [2.05, 4.69) is 193 Å². The van der Waals surface area contributed by atoms with E-state index in [4.69, 9.17) is 4.42 Å². The van der Waals surface area contributed by atoms with Crippen molar-refractivity contribution in [3.8, 4) is 39.1 Å². The molecule has 0 saturated carbocycles. The first-order chi connectivity index (χ1) is 27.3. The van der Waals surface area contributed by atoms with Gasteiger partial charge in [0, 0.05) is 33.2 Å². The van der Waals surface area contributed by atoms with E-state index in [0.717, 1.165) is 38.7 Å². The lowest BCUT2D eigenvalue weighted by Gasteiger charge is -2.17. The molecule has 0 radical (unpaired) electrons. The molecule has 0 fully saturated rings. The fraction of sp³-hybridized carbons (Fsp3) is 0.0189. The summed E-state index contributed by atoms with van der Waals surface area (Å²) < 4.78 is 9.13. The van der Waals surface area contributed by atoms with Crippen LogP contribution in [-0.2, 0) is 0 Å². The zero-order valence-corrected chi connectivity index (χ0v) is 29.9. The highest BCUT2D eigenvalue weighted by Crippen LogP contribution is 2.51. The Morgan fingerprint density at radius 3 is 2.00 bits per heavy atom. The smallest absolute Gasteiger partial charge is 0.160 e. The van der Waals surface area contributed by atoms with Crippen LogP contribution < -0.4 is 0 Å². The maximum absolute atomic E-state index is 6.72. The van der Waals surface area contributed by atoms with Crippen molar-refractivity contribution in [3.05, 3.63) is 211 Å². The van der Waals surface area contributed by atoms with Gasteiger partial charge < -0.3 is 8.98 Å². The molecule has 2 nitrogen and oxygen atoms in total. The lowest BCUT2D eigenvalue weighted by atomic mass is 9.86. The van der Waals surface area contributed by atoms with Crippen LogP contribution in [0.3, 0.4) is 0 Å². The van der Waals surface area contributed by atoms with Gasteiger partial charge in [-0.2, -0.15) is 0 Å². The lowest BCUT2D eigenvalue weighted by molar-refractivity contribution is 0.671. The quantitative estimate of drug-likeness (QED) is 0.179. The van der Waals surface area contributed by atoms with Crippen molar-refractivity contribution in [1.29, 1.82) is 0 Å². The average Bonchev–Trinajstić information content (AvgIpc) is 3.91. The van der Waals surface area contributed by atoms with Crippen LogP contribution in [0.5, 0.6) is 0 Å². The second-order valence-corrected chi connectivity index (χ2v) is 14.8. The fourth-order valence-corrected chi connectivity index (χ4v) is 9.40. The Kier molecular flexibility index (Phi) is 6.43. The minimum atomic E-state index is 0.185. The number of hydrogen-bond acceptors (Lipinski definition) is 1. The summed E-state index contributed by atoms with van der Waals surface area (Å²) in [4.78, 5) is 0. The molecule has 11 aromatic rings. The predicted molar refractivity (Wildman–Crippen MR) is 229 cm³/mol. The van der Waals surface area contributed by atoms with Gasteiger partial charge in [0.05, 0.1) is 11.0 Å². The Balaban J connectivity index is 1.07. The van der Waals surface area contributed by atoms with Crippen molar-refractivity contribution in [1.82, 2.24) is 4.57 Å². The number of benzene rings is 9. The van der Waals surface area contributed by atoms with Crippen LogP contribution in [0.15, 0.2) is 199 Å². The third-order valence-corrected chi connectivity index (χ3v) is 11.9. The van der Waals surface area contributed by atoms with E-state index in [1.807, 2.05) is 6.07 Å². The fourth-order valence-electron chi connectivity index (χ4n) is 9.40. The first-order valence-electron chi connectivity index (χ1n) is 19.0. The zero-order chi connectivity index (χ0) is 36.0. The van der Waals surface area contributed by atoms with Crippen LogP contribution in [0.2, 0.25) is 0 Å². The summed E-state index contributed by atoms with van der Waals surface area (Å²) >= 11 is 0. The Labute approximate surface area is 318 Å². The standard InChI is InChI=1S/C53H33NO/c1-2-12-33(13-3-1)35-16-10-17-38(30-35)54-49-29-25-37(32-48(49)45-27-28-46-41-20-8-9-23-50(41)55-53(46)52(45)54)36-24-26-44-47(31-36)40-19-6-7-21-43(40)51(44)42-22-11-15-34-14-4-5-18-39(34)42/h1-32,51H. The molecule has 0 amide bonds. The second-order valence-electron chi connectivity index (χ2n) is 14.8. The summed E-state index contributed by atoms with van der Waals surface area (Å²) in [5.41, 5.74) is 16.7. The maximum Gasteiger partial charge on any atom is 0.160 e. The average molecular weight is 700 g/mol. The number of fused-ring (bicyclic) bond motifs is 11. The minimum Gasteiger partial charge on any atom is -0.454 e. The summed E-state index contributed by atoms with van der Waals surface area (Å²) in [5, 5.41) is 7.24. The van der Waals surface area contributed by atoms with Crippen LogP contribution in [-0.4, -0.2) is 4.57 Å². The van der Waals surface area contributed by atoms with E-state index in [9.17, 15) is 0 Å². The second kappa shape index (κ2) is 11.7. The SMILES string of the molecule is c1ccc(-c2cccc(-n3c4ccc(-c5ccc6c(c5)-c5ccccc5C6c5cccc6ccccc56)cc4c4ccc5c6ccccc6oc5c43)c2)cc1. The number of rotatable bonds is 4. The molecule has 2 aromatic heterocycles. The van der Waals surface area contributed by atoms with Crippen molar-refractivity contribution in [2.75, 3.05) is 0 Å². The van der Waals surface area contributed by atoms with Crippen LogP contribution in [0.1, 0.15) is 22.6 Å². The molecule has 0 spiro atoms. The zero-order valence-electron chi connectivity index (χ0n) is 29.9. The Hall–Kier alpha value is -7.16. The van der Waals surface area contributed by atoms with Gasteiger partial charge in [0.25, 0.3) is 0 Å². The molecule has 55 heavy (non-hydrogen) atoms. The third kappa shape index (κ3) is 4.49. The first kappa shape index (κ1) is 30.3. The van der Waals surface area contributed by atoms with Crippen LogP contribution >= 0.6 is 0 Å². The number of hydrogen-bond donors (Lipinski definition) is 0. The normalized spacial score (nSPS) is 13.6. The molecule has 0 bridgehead atoms. The summed E-state index contributed by atoms with van der Waals surface area (Å²) in [5.74, 6) is 0.185. The molecule has 12 rings (SSSR count). The molecule has 256 valence electrons. The van der Waals surface area contributed by atoms with Gasteiger partial charge in [-0.1, -0.05) is 152 Å². The molecule has 0 N–H and O–H groups in total. The predicted octanol–water partition coefficient (Wildman–Crippen LogP) is 14.3. The van der Waals surface area contributed by atoms with Gasteiger partial charge >= 0.3 is 0 Å². The van der Waals surface area contributed by atoms with E-state index in [0.29, 0.717) is 0 Å². The summed E-state index contributed by atoms with van der Waals surface area (Å²) in [6.45, 7) is 0.